The summed E-state index contributed by atoms with van der Waals surface area (Å²) in [4.78, 5) is 30.3. The predicted octanol–water partition coefficient (Wildman–Crippen LogP) is 4.07. The second kappa shape index (κ2) is 11.0. The van der Waals surface area contributed by atoms with Gasteiger partial charge in [0.05, 0.1) is 13.5 Å². The molecule has 6 heteroatoms. The lowest BCUT2D eigenvalue weighted by Crippen LogP contribution is -2.52. The Balaban J connectivity index is 1.43. The van der Waals surface area contributed by atoms with E-state index in [1.807, 2.05) is 90.7 Å². The van der Waals surface area contributed by atoms with Crippen LogP contribution in [0.3, 0.4) is 0 Å². The van der Waals surface area contributed by atoms with Crippen molar-refractivity contribution in [3.05, 3.63) is 95.6 Å². The van der Waals surface area contributed by atoms with Gasteiger partial charge in [-0.15, -0.1) is 0 Å². The van der Waals surface area contributed by atoms with Gasteiger partial charge in [-0.1, -0.05) is 66.2 Å². The fraction of sp³-hybridized carbons (Fsp3) is 0.286. The fourth-order valence-corrected chi connectivity index (χ4v) is 4.30. The maximum Gasteiger partial charge on any atom is 0.246 e. The second-order valence-corrected chi connectivity index (χ2v) is 8.61. The number of anilines is 1. The quantitative estimate of drug-likeness (QED) is 0.581. The minimum atomic E-state index is -0.443. The van der Waals surface area contributed by atoms with Gasteiger partial charge in [0.25, 0.3) is 0 Å². The number of aryl methyl sites for hydroxylation is 1. The van der Waals surface area contributed by atoms with Gasteiger partial charge in [0.2, 0.25) is 11.8 Å². The van der Waals surface area contributed by atoms with Crippen molar-refractivity contribution in [2.75, 3.05) is 38.6 Å². The lowest BCUT2D eigenvalue weighted by molar-refractivity contribution is -0.133. The normalized spacial score (nSPS) is 14.9. The molecule has 1 aliphatic rings. The molecule has 3 aromatic carbocycles. The van der Waals surface area contributed by atoms with Crippen LogP contribution in [0.2, 0.25) is 0 Å². The van der Waals surface area contributed by atoms with Gasteiger partial charge in [0.1, 0.15) is 11.8 Å². The zero-order valence-electron chi connectivity index (χ0n) is 19.7. The molecule has 34 heavy (non-hydrogen) atoms. The molecule has 0 aromatic heterocycles. The van der Waals surface area contributed by atoms with Gasteiger partial charge in [0.15, 0.2) is 0 Å². The lowest BCUT2D eigenvalue weighted by Gasteiger charge is -2.39. The average molecular weight is 458 g/mol. The Kier molecular flexibility index (Phi) is 7.60. The first-order valence-corrected chi connectivity index (χ1v) is 11.6. The van der Waals surface area contributed by atoms with Crippen LogP contribution in [-0.4, -0.2) is 54.9 Å². The molecule has 176 valence electrons. The van der Waals surface area contributed by atoms with Gasteiger partial charge in [-0.05, 0) is 30.2 Å². The number of ether oxygens (including phenoxy) is 1. The van der Waals surface area contributed by atoms with Crippen LogP contribution in [-0.2, 0) is 16.0 Å². The number of carbonyl (C=O) groups is 2. The van der Waals surface area contributed by atoms with Crippen molar-refractivity contribution < 1.29 is 14.3 Å². The van der Waals surface area contributed by atoms with Crippen LogP contribution in [0.1, 0.15) is 22.7 Å². The number of hydrogen-bond donors (Lipinski definition) is 1. The van der Waals surface area contributed by atoms with E-state index in [2.05, 4.69) is 10.2 Å². The Morgan fingerprint density at radius 3 is 2.29 bits per heavy atom. The van der Waals surface area contributed by atoms with E-state index in [4.69, 9.17) is 4.74 Å². The summed E-state index contributed by atoms with van der Waals surface area (Å²) < 4.78 is 5.28. The average Bonchev–Trinajstić information content (AvgIpc) is 2.87. The standard InChI is InChI=1S/C28H31N3O3/c1-21-11-13-22(14-12-21)19-26(32)30-15-17-31(18-16-30)27(23-7-4-3-5-8-23)28(33)29-24-9-6-10-25(20-24)34-2/h3-14,20,27H,15-19H2,1-2H3,(H,29,33). The third-order valence-corrected chi connectivity index (χ3v) is 6.21. The molecule has 1 fully saturated rings. The Labute approximate surface area is 201 Å². The first-order valence-electron chi connectivity index (χ1n) is 11.6. The molecule has 1 saturated heterocycles. The molecule has 0 bridgehead atoms. The lowest BCUT2D eigenvalue weighted by atomic mass is 10.0. The Morgan fingerprint density at radius 2 is 1.62 bits per heavy atom. The zero-order chi connectivity index (χ0) is 23.9. The van der Waals surface area contributed by atoms with E-state index in [0.717, 1.165) is 11.1 Å². The number of nitrogens with zero attached hydrogens (tertiary/aromatic N) is 2. The highest BCUT2D eigenvalue weighted by Gasteiger charge is 2.31. The predicted molar refractivity (Wildman–Crippen MR) is 134 cm³/mol. The summed E-state index contributed by atoms with van der Waals surface area (Å²) in [6.45, 7) is 4.49. The largest absolute Gasteiger partial charge is 0.497 e. The topological polar surface area (TPSA) is 61.9 Å². The van der Waals surface area contributed by atoms with Crippen molar-refractivity contribution in [3.63, 3.8) is 0 Å². The molecule has 6 nitrogen and oxygen atoms in total. The minimum Gasteiger partial charge on any atom is -0.497 e. The highest BCUT2D eigenvalue weighted by molar-refractivity contribution is 5.95. The van der Waals surface area contributed by atoms with Crippen LogP contribution in [0.25, 0.3) is 0 Å². The van der Waals surface area contributed by atoms with Crippen molar-refractivity contribution >= 4 is 17.5 Å². The first-order chi connectivity index (χ1) is 16.5. The van der Waals surface area contributed by atoms with Crippen LogP contribution in [0.4, 0.5) is 5.69 Å². The molecule has 1 aliphatic heterocycles. The third kappa shape index (κ3) is 5.83. The van der Waals surface area contributed by atoms with E-state index in [0.29, 0.717) is 44.0 Å². The molecule has 1 heterocycles. The molecular formula is C28H31N3O3. The van der Waals surface area contributed by atoms with E-state index in [1.165, 1.54) is 5.56 Å². The van der Waals surface area contributed by atoms with Crippen LogP contribution >= 0.6 is 0 Å². The van der Waals surface area contributed by atoms with Gasteiger partial charge < -0.3 is 15.0 Å². The first kappa shape index (κ1) is 23.5. The number of rotatable bonds is 7. The van der Waals surface area contributed by atoms with Crippen LogP contribution in [0.5, 0.6) is 5.75 Å². The van der Waals surface area contributed by atoms with Gasteiger partial charge in [-0.25, -0.2) is 0 Å². The monoisotopic (exact) mass is 457 g/mol. The van der Waals surface area contributed by atoms with E-state index in [-0.39, 0.29) is 11.8 Å². The number of hydrogen-bond acceptors (Lipinski definition) is 4. The van der Waals surface area contributed by atoms with E-state index >= 15 is 0 Å². The molecule has 4 rings (SSSR count). The summed E-state index contributed by atoms with van der Waals surface area (Å²) in [5, 5.41) is 3.04. The van der Waals surface area contributed by atoms with E-state index in [9.17, 15) is 9.59 Å². The molecule has 1 unspecified atom stereocenters. The summed E-state index contributed by atoms with van der Waals surface area (Å²) in [6, 6.07) is 24.8. The summed E-state index contributed by atoms with van der Waals surface area (Å²) in [6.07, 6.45) is 0.402. The summed E-state index contributed by atoms with van der Waals surface area (Å²) in [7, 11) is 1.60. The van der Waals surface area contributed by atoms with Gasteiger partial charge in [0, 0.05) is 37.9 Å². The van der Waals surface area contributed by atoms with E-state index in [1.54, 1.807) is 7.11 Å². The Hall–Kier alpha value is -3.64. The van der Waals surface area contributed by atoms with Gasteiger partial charge in [-0.3, -0.25) is 14.5 Å². The second-order valence-electron chi connectivity index (χ2n) is 8.61. The molecule has 2 amide bonds. The highest BCUT2D eigenvalue weighted by atomic mass is 16.5. The molecule has 3 aromatic rings. The van der Waals surface area contributed by atoms with Crippen molar-refractivity contribution in [2.24, 2.45) is 0 Å². The van der Waals surface area contributed by atoms with Crippen LogP contribution in [0.15, 0.2) is 78.9 Å². The summed E-state index contributed by atoms with van der Waals surface area (Å²) in [5.74, 6) is 0.717. The van der Waals surface area contributed by atoms with Crippen LogP contribution in [0, 0.1) is 6.92 Å². The molecule has 0 saturated carbocycles. The van der Waals surface area contributed by atoms with Crippen molar-refractivity contribution in [1.82, 2.24) is 9.80 Å². The summed E-state index contributed by atoms with van der Waals surface area (Å²) in [5.41, 5.74) is 3.83. The molecule has 0 spiro atoms. The molecule has 0 aliphatic carbocycles. The molecular weight excluding hydrogens is 426 g/mol. The van der Waals surface area contributed by atoms with Crippen LogP contribution < -0.4 is 10.1 Å². The van der Waals surface area contributed by atoms with Gasteiger partial charge >= 0.3 is 0 Å². The Bertz CT molecular complexity index is 1110. The van der Waals surface area contributed by atoms with Crippen molar-refractivity contribution in [1.29, 1.82) is 0 Å². The number of piperazine rings is 1. The molecule has 1 N–H and O–H groups in total. The molecule has 1 atom stereocenters. The Morgan fingerprint density at radius 1 is 0.912 bits per heavy atom. The summed E-state index contributed by atoms with van der Waals surface area (Å²) >= 11 is 0. The highest BCUT2D eigenvalue weighted by Crippen LogP contribution is 2.25. The van der Waals surface area contributed by atoms with Gasteiger partial charge in [-0.2, -0.15) is 0 Å². The maximum atomic E-state index is 13.4. The number of amides is 2. The zero-order valence-corrected chi connectivity index (χ0v) is 19.7. The fourth-order valence-electron chi connectivity index (χ4n) is 4.30. The van der Waals surface area contributed by atoms with Crippen molar-refractivity contribution in [2.45, 2.75) is 19.4 Å². The number of methoxy groups -OCH3 is 1. The SMILES string of the molecule is COc1cccc(NC(=O)C(c2ccccc2)N2CCN(C(=O)Cc3ccc(C)cc3)CC2)c1. The minimum absolute atomic E-state index is 0.0983. The number of nitrogens with one attached hydrogen (secondary N) is 1. The molecule has 0 radical (unpaired) electrons. The van der Waals surface area contributed by atoms with Crippen molar-refractivity contribution in [3.8, 4) is 5.75 Å². The number of benzene rings is 3. The maximum absolute atomic E-state index is 13.4. The number of carbonyl (C=O) groups excluding carboxylic acids is 2. The smallest absolute Gasteiger partial charge is 0.246 e. The third-order valence-electron chi connectivity index (χ3n) is 6.21. The van der Waals surface area contributed by atoms with E-state index < -0.39 is 6.04 Å².